The van der Waals surface area contributed by atoms with Crippen LogP contribution < -0.4 is 5.32 Å². The first kappa shape index (κ1) is 13.4. The number of rotatable bonds is 2. The Bertz CT molecular complexity index is 442. The van der Waals surface area contributed by atoms with Gasteiger partial charge in [0, 0.05) is 12.0 Å². The van der Waals surface area contributed by atoms with E-state index >= 15 is 0 Å². The van der Waals surface area contributed by atoms with Crippen LogP contribution in [0.4, 0.5) is 0 Å². The molecule has 2 heterocycles. The van der Waals surface area contributed by atoms with Gasteiger partial charge in [-0.3, -0.25) is 0 Å². The number of nitrogens with zero attached hydrogens (tertiary/aromatic N) is 3. The number of fused-ring (bicyclic) bond motifs is 1. The van der Waals surface area contributed by atoms with E-state index in [1.165, 1.54) is 51.0 Å². The molecule has 3 aliphatic rings. The summed E-state index contributed by atoms with van der Waals surface area (Å²) in [6.07, 6.45) is 6.81. The summed E-state index contributed by atoms with van der Waals surface area (Å²) in [6.45, 7) is 4.50. The van der Waals surface area contributed by atoms with Crippen LogP contribution in [0.1, 0.15) is 55.7 Å². The van der Waals surface area contributed by atoms with Crippen molar-refractivity contribution < 1.29 is 0 Å². The highest BCUT2D eigenvalue weighted by atomic mass is 35.5. The third kappa shape index (κ3) is 2.09. The third-order valence-electron chi connectivity index (χ3n) is 5.22. The van der Waals surface area contributed by atoms with E-state index in [1.54, 1.807) is 0 Å². The number of aryl methyl sites for hydroxylation is 1. The molecule has 106 valence electrons. The number of piperidine rings is 1. The molecule has 19 heavy (non-hydrogen) atoms. The maximum atomic E-state index is 4.52. The molecule has 0 bridgehead atoms. The molecular formula is C14H23ClN4. The van der Waals surface area contributed by atoms with E-state index in [9.17, 15) is 0 Å². The van der Waals surface area contributed by atoms with Crippen LogP contribution in [0.3, 0.4) is 0 Å². The minimum absolute atomic E-state index is 0. The van der Waals surface area contributed by atoms with E-state index < -0.39 is 0 Å². The molecule has 3 atom stereocenters. The number of hydrogen-bond acceptors (Lipinski definition) is 3. The van der Waals surface area contributed by atoms with Crippen LogP contribution in [0.2, 0.25) is 0 Å². The summed E-state index contributed by atoms with van der Waals surface area (Å²) in [5.41, 5.74) is 0. The van der Waals surface area contributed by atoms with E-state index in [4.69, 9.17) is 0 Å². The third-order valence-corrected chi connectivity index (χ3v) is 5.22. The van der Waals surface area contributed by atoms with E-state index in [-0.39, 0.29) is 12.4 Å². The smallest absolute Gasteiger partial charge is 0.137 e. The summed E-state index contributed by atoms with van der Waals surface area (Å²) >= 11 is 0. The quantitative estimate of drug-likeness (QED) is 0.906. The fourth-order valence-corrected chi connectivity index (χ4v) is 4.20. The Balaban J connectivity index is 0.00000110. The molecule has 3 fully saturated rings. The SMILES string of the molecule is Cc1nnc(C2[C@H]3CNC[C@@H]23)n1C1CCCCC1.Cl. The van der Waals surface area contributed by atoms with Crippen molar-refractivity contribution in [3.63, 3.8) is 0 Å². The van der Waals surface area contributed by atoms with E-state index in [2.05, 4.69) is 27.0 Å². The standard InChI is InChI=1S/C14H22N4.ClH/c1-9-16-17-14(13-11-7-15-8-12(11)13)18(9)10-5-3-2-4-6-10;/h10-13,15H,2-8H2,1H3;1H/t11-,12+,13?;. The highest BCUT2D eigenvalue weighted by Crippen LogP contribution is 2.55. The number of nitrogens with one attached hydrogen (secondary N) is 1. The van der Waals surface area contributed by atoms with Gasteiger partial charge in [0.05, 0.1) is 0 Å². The van der Waals surface area contributed by atoms with Gasteiger partial charge >= 0.3 is 0 Å². The Morgan fingerprint density at radius 1 is 1.05 bits per heavy atom. The van der Waals surface area contributed by atoms with Gasteiger partial charge in [-0.1, -0.05) is 19.3 Å². The summed E-state index contributed by atoms with van der Waals surface area (Å²) in [5.74, 6) is 4.83. The molecule has 1 N–H and O–H groups in total. The zero-order chi connectivity index (χ0) is 12.1. The van der Waals surface area contributed by atoms with Gasteiger partial charge < -0.3 is 9.88 Å². The lowest BCUT2D eigenvalue weighted by Gasteiger charge is -2.25. The Kier molecular flexibility index (Phi) is 3.56. The lowest BCUT2D eigenvalue weighted by molar-refractivity contribution is 0.338. The van der Waals surface area contributed by atoms with Crippen molar-refractivity contribution in [2.24, 2.45) is 11.8 Å². The molecule has 1 aromatic rings. The highest BCUT2D eigenvalue weighted by Gasteiger charge is 2.56. The van der Waals surface area contributed by atoms with Crippen molar-refractivity contribution in [3.05, 3.63) is 11.6 Å². The van der Waals surface area contributed by atoms with Crippen LogP contribution in [-0.2, 0) is 0 Å². The Labute approximate surface area is 120 Å². The molecule has 0 spiro atoms. The summed E-state index contributed by atoms with van der Waals surface area (Å²) in [6, 6.07) is 0.679. The lowest BCUT2D eigenvalue weighted by atomic mass is 9.95. The normalized spacial score (nSPS) is 33.8. The second-order valence-corrected chi connectivity index (χ2v) is 6.28. The van der Waals surface area contributed by atoms with E-state index in [1.807, 2.05) is 0 Å². The van der Waals surface area contributed by atoms with Crippen LogP contribution in [0, 0.1) is 18.8 Å². The monoisotopic (exact) mass is 282 g/mol. The topological polar surface area (TPSA) is 42.7 Å². The molecule has 0 radical (unpaired) electrons. The molecule has 0 amide bonds. The average molecular weight is 283 g/mol. The molecule has 1 saturated heterocycles. The maximum Gasteiger partial charge on any atom is 0.137 e. The maximum absolute atomic E-state index is 4.52. The summed E-state index contributed by atoms with van der Waals surface area (Å²) in [7, 11) is 0. The van der Waals surface area contributed by atoms with E-state index in [0.29, 0.717) is 12.0 Å². The van der Waals surface area contributed by atoms with Gasteiger partial charge in [0.25, 0.3) is 0 Å². The van der Waals surface area contributed by atoms with Crippen LogP contribution in [0.5, 0.6) is 0 Å². The Hall–Kier alpha value is -0.610. The summed E-state index contributed by atoms with van der Waals surface area (Å²) < 4.78 is 2.49. The molecule has 1 unspecified atom stereocenters. The minimum atomic E-state index is 0. The second kappa shape index (κ2) is 5.06. The molecule has 2 saturated carbocycles. The number of halogens is 1. The van der Waals surface area contributed by atoms with Gasteiger partial charge in [0.2, 0.25) is 0 Å². The molecular weight excluding hydrogens is 260 g/mol. The van der Waals surface area contributed by atoms with Gasteiger partial charge in [0.15, 0.2) is 0 Å². The van der Waals surface area contributed by atoms with Gasteiger partial charge in [-0.15, -0.1) is 22.6 Å². The molecule has 1 aliphatic heterocycles. The fraction of sp³-hybridized carbons (Fsp3) is 0.857. The first-order valence-corrected chi connectivity index (χ1v) is 7.48. The largest absolute Gasteiger partial charge is 0.316 e. The van der Waals surface area contributed by atoms with Gasteiger partial charge in [0.1, 0.15) is 11.6 Å². The predicted octanol–water partition coefficient (Wildman–Crippen LogP) is 2.45. The molecule has 1 aromatic heterocycles. The molecule has 5 heteroatoms. The lowest BCUT2D eigenvalue weighted by Crippen LogP contribution is -2.20. The highest BCUT2D eigenvalue weighted by molar-refractivity contribution is 5.85. The molecule has 2 aliphatic carbocycles. The summed E-state index contributed by atoms with van der Waals surface area (Å²) in [4.78, 5) is 0. The van der Waals surface area contributed by atoms with Crippen LogP contribution in [0.15, 0.2) is 0 Å². The Morgan fingerprint density at radius 2 is 1.74 bits per heavy atom. The van der Waals surface area contributed by atoms with Gasteiger partial charge in [-0.05, 0) is 44.7 Å². The summed E-state index contributed by atoms with van der Waals surface area (Å²) in [5, 5.41) is 12.4. The van der Waals surface area contributed by atoms with Gasteiger partial charge in [-0.2, -0.15) is 0 Å². The first-order chi connectivity index (χ1) is 8.86. The van der Waals surface area contributed by atoms with Crippen molar-refractivity contribution in [2.75, 3.05) is 13.1 Å². The zero-order valence-electron chi connectivity index (χ0n) is 11.5. The average Bonchev–Trinajstić information content (AvgIpc) is 2.79. The van der Waals surface area contributed by atoms with Crippen molar-refractivity contribution in [3.8, 4) is 0 Å². The Morgan fingerprint density at radius 3 is 2.42 bits per heavy atom. The zero-order valence-corrected chi connectivity index (χ0v) is 12.3. The van der Waals surface area contributed by atoms with Crippen molar-refractivity contribution in [1.82, 2.24) is 20.1 Å². The molecule has 4 nitrogen and oxygen atoms in total. The van der Waals surface area contributed by atoms with E-state index in [0.717, 1.165) is 17.7 Å². The molecule has 0 aromatic carbocycles. The fourth-order valence-electron chi connectivity index (χ4n) is 4.20. The van der Waals surface area contributed by atoms with Crippen molar-refractivity contribution >= 4 is 12.4 Å². The predicted molar refractivity (Wildman–Crippen MR) is 76.7 cm³/mol. The second-order valence-electron chi connectivity index (χ2n) is 6.28. The molecule has 4 rings (SSSR count). The van der Waals surface area contributed by atoms with Gasteiger partial charge in [-0.25, -0.2) is 0 Å². The van der Waals surface area contributed by atoms with Crippen LogP contribution >= 0.6 is 12.4 Å². The number of hydrogen-bond donors (Lipinski definition) is 1. The van der Waals surface area contributed by atoms with Crippen LogP contribution in [-0.4, -0.2) is 27.9 Å². The minimum Gasteiger partial charge on any atom is -0.316 e. The van der Waals surface area contributed by atoms with Crippen LogP contribution in [0.25, 0.3) is 0 Å². The van der Waals surface area contributed by atoms with Crippen molar-refractivity contribution in [1.29, 1.82) is 0 Å². The number of aromatic nitrogens is 3. The first-order valence-electron chi connectivity index (χ1n) is 7.48. The van der Waals surface area contributed by atoms with Crippen molar-refractivity contribution in [2.45, 2.75) is 51.0 Å².